The van der Waals surface area contributed by atoms with Gasteiger partial charge in [0.05, 0.1) is 23.7 Å². The lowest BCUT2D eigenvalue weighted by Crippen LogP contribution is -2.05. The van der Waals surface area contributed by atoms with Crippen molar-refractivity contribution in [3.05, 3.63) is 45.5 Å². The molecule has 0 amide bonds. The molecule has 0 aliphatic heterocycles. The fraction of sp³-hybridized carbons (Fsp3) is 0.0667. The first-order valence-corrected chi connectivity index (χ1v) is 7.24. The molecule has 21 heavy (non-hydrogen) atoms. The molecule has 104 valence electrons. The van der Waals surface area contributed by atoms with Crippen LogP contribution in [-0.2, 0) is 0 Å². The highest BCUT2D eigenvalue weighted by Gasteiger charge is 2.17. The lowest BCUT2D eigenvalue weighted by Gasteiger charge is -2.13. The van der Waals surface area contributed by atoms with E-state index in [0.717, 1.165) is 14.6 Å². The highest BCUT2D eigenvalue weighted by molar-refractivity contribution is 14.1. The van der Waals surface area contributed by atoms with Crippen LogP contribution < -0.4 is 10.5 Å². The van der Waals surface area contributed by atoms with Crippen molar-refractivity contribution in [2.24, 2.45) is 0 Å². The maximum Gasteiger partial charge on any atom is 0.206 e. The third-order valence-corrected chi connectivity index (χ3v) is 3.88. The van der Waals surface area contributed by atoms with Crippen molar-refractivity contribution in [2.75, 3.05) is 12.8 Å². The monoisotopic (exact) mass is 390 g/mol. The number of benzene rings is 2. The van der Waals surface area contributed by atoms with E-state index in [1.165, 1.54) is 0 Å². The number of hydrogen-bond acceptors (Lipinski definition) is 4. The van der Waals surface area contributed by atoms with Gasteiger partial charge in [0.2, 0.25) is 5.95 Å². The van der Waals surface area contributed by atoms with Crippen LogP contribution >= 0.6 is 22.6 Å². The summed E-state index contributed by atoms with van der Waals surface area (Å²) in [5, 5.41) is 9.36. The van der Waals surface area contributed by atoms with Crippen LogP contribution in [0.2, 0.25) is 0 Å². The fourth-order valence-electron chi connectivity index (χ4n) is 2.31. The number of halogens is 1. The zero-order valence-corrected chi connectivity index (χ0v) is 13.3. The van der Waals surface area contributed by atoms with Crippen molar-refractivity contribution in [1.29, 1.82) is 5.26 Å². The molecule has 5 nitrogen and oxygen atoms in total. The van der Waals surface area contributed by atoms with Gasteiger partial charge in [0.1, 0.15) is 17.5 Å². The molecule has 0 fully saturated rings. The third kappa shape index (κ3) is 2.19. The molecule has 1 heterocycles. The lowest BCUT2D eigenvalue weighted by atomic mass is 10.1. The zero-order valence-electron chi connectivity index (χ0n) is 11.2. The summed E-state index contributed by atoms with van der Waals surface area (Å²) in [6.07, 6.45) is 0. The predicted octanol–water partition coefficient (Wildman–Crippen LogP) is 3.09. The quantitative estimate of drug-likeness (QED) is 0.683. The number of para-hydroxylation sites is 1. The Bertz CT molecular complexity index is 879. The second-order valence-electron chi connectivity index (χ2n) is 4.41. The molecule has 1 aromatic heterocycles. The number of fused-ring (bicyclic) bond motifs is 1. The van der Waals surface area contributed by atoms with E-state index in [9.17, 15) is 5.26 Å². The number of nitrogens with zero attached hydrogens (tertiary/aromatic N) is 3. The average Bonchev–Trinajstić information content (AvgIpc) is 2.80. The molecule has 2 aromatic carbocycles. The lowest BCUT2D eigenvalue weighted by molar-refractivity contribution is 0.413. The first-order chi connectivity index (χ1) is 10.2. The van der Waals surface area contributed by atoms with Gasteiger partial charge in [-0.2, -0.15) is 5.26 Å². The number of hydrogen-bond donors (Lipinski definition) is 1. The van der Waals surface area contributed by atoms with Crippen LogP contribution in [0.5, 0.6) is 5.75 Å². The van der Waals surface area contributed by atoms with E-state index in [0.29, 0.717) is 22.9 Å². The highest BCUT2D eigenvalue weighted by Crippen LogP contribution is 2.32. The number of anilines is 1. The van der Waals surface area contributed by atoms with E-state index < -0.39 is 0 Å². The van der Waals surface area contributed by atoms with Crippen molar-refractivity contribution in [1.82, 2.24) is 9.55 Å². The number of nitrogens with two attached hydrogens (primary N) is 1. The van der Waals surface area contributed by atoms with Gasteiger partial charge < -0.3 is 10.5 Å². The minimum atomic E-state index is 0.327. The second kappa shape index (κ2) is 5.26. The highest BCUT2D eigenvalue weighted by atomic mass is 127. The summed E-state index contributed by atoms with van der Waals surface area (Å²) in [7, 11) is 1.57. The number of aromatic nitrogens is 2. The molecule has 2 N–H and O–H groups in total. The van der Waals surface area contributed by atoms with Crippen molar-refractivity contribution < 1.29 is 4.74 Å². The minimum absolute atomic E-state index is 0.327. The molecule has 0 bridgehead atoms. The topological polar surface area (TPSA) is 76.9 Å². The number of ether oxygens (including phenoxy) is 1. The summed E-state index contributed by atoms with van der Waals surface area (Å²) in [4.78, 5) is 4.37. The molecule has 0 spiro atoms. The van der Waals surface area contributed by atoms with Crippen LogP contribution in [0.25, 0.3) is 16.7 Å². The van der Waals surface area contributed by atoms with E-state index >= 15 is 0 Å². The zero-order chi connectivity index (χ0) is 15.0. The van der Waals surface area contributed by atoms with Gasteiger partial charge in [-0.3, -0.25) is 4.57 Å². The summed E-state index contributed by atoms with van der Waals surface area (Å²) in [5.41, 5.74) is 8.79. The molecule has 0 saturated heterocycles. The Morgan fingerprint density at radius 2 is 2.14 bits per heavy atom. The first kappa shape index (κ1) is 13.7. The van der Waals surface area contributed by atoms with Crippen LogP contribution in [-0.4, -0.2) is 16.7 Å². The van der Waals surface area contributed by atoms with Crippen LogP contribution in [0.4, 0.5) is 5.95 Å². The van der Waals surface area contributed by atoms with E-state index in [4.69, 9.17) is 10.5 Å². The standard InChI is InChI=1S/C15H11IN4O/c1-21-13-4-2-3-9(8-17)14(13)20-12-6-5-10(16)7-11(12)19-15(20)18/h2-7H,1H3,(H2,18,19). The Hall–Kier alpha value is -2.27. The molecule has 3 rings (SSSR count). The fourth-order valence-corrected chi connectivity index (χ4v) is 2.79. The summed E-state index contributed by atoms with van der Waals surface area (Å²) in [6, 6.07) is 13.3. The van der Waals surface area contributed by atoms with Gasteiger partial charge in [0.15, 0.2) is 0 Å². The van der Waals surface area contributed by atoms with E-state index in [1.54, 1.807) is 29.9 Å². The first-order valence-electron chi connectivity index (χ1n) is 6.16. The van der Waals surface area contributed by atoms with E-state index in [2.05, 4.69) is 33.6 Å². The Balaban J connectivity index is 2.41. The van der Waals surface area contributed by atoms with Crippen LogP contribution in [0, 0.1) is 14.9 Å². The van der Waals surface area contributed by atoms with Crippen molar-refractivity contribution >= 4 is 39.6 Å². The molecule has 6 heteroatoms. The normalized spacial score (nSPS) is 10.5. The van der Waals surface area contributed by atoms with Gasteiger partial charge in [-0.05, 0) is 52.9 Å². The Labute approximate surface area is 135 Å². The molecule has 0 saturated carbocycles. The van der Waals surface area contributed by atoms with Gasteiger partial charge in [-0.25, -0.2) is 4.98 Å². The van der Waals surface area contributed by atoms with E-state index in [-0.39, 0.29) is 0 Å². The minimum Gasteiger partial charge on any atom is -0.495 e. The average molecular weight is 390 g/mol. The second-order valence-corrected chi connectivity index (χ2v) is 5.65. The molecule has 0 atom stereocenters. The summed E-state index contributed by atoms with van der Waals surface area (Å²) in [6.45, 7) is 0. The number of imidazole rings is 1. The maximum absolute atomic E-state index is 9.36. The smallest absolute Gasteiger partial charge is 0.206 e. The largest absolute Gasteiger partial charge is 0.495 e. The number of nitriles is 1. The summed E-state index contributed by atoms with van der Waals surface area (Å²) < 4.78 is 8.21. The van der Waals surface area contributed by atoms with Crippen molar-refractivity contribution in [2.45, 2.75) is 0 Å². The van der Waals surface area contributed by atoms with E-state index in [1.807, 2.05) is 18.2 Å². The van der Waals surface area contributed by atoms with Gasteiger partial charge in [0.25, 0.3) is 0 Å². The number of methoxy groups -OCH3 is 1. The Morgan fingerprint density at radius 3 is 2.86 bits per heavy atom. The maximum atomic E-state index is 9.36. The Morgan fingerprint density at radius 1 is 1.33 bits per heavy atom. The van der Waals surface area contributed by atoms with Gasteiger partial charge in [-0.1, -0.05) is 6.07 Å². The molecular weight excluding hydrogens is 379 g/mol. The van der Waals surface area contributed by atoms with Crippen molar-refractivity contribution in [3.8, 4) is 17.5 Å². The molecular formula is C15H11IN4O. The Kier molecular flexibility index (Phi) is 3.43. The predicted molar refractivity (Wildman–Crippen MR) is 89.5 cm³/mol. The number of nitrogen functional groups attached to an aromatic ring is 1. The number of rotatable bonds is 2. The SMILES string of the molecule is COc1cccc(C#N)c1-n1c(N)nc2cc(I)ccc21. The third-order valence-electron chi connectivity index (χ3n) is 3.21. The molecule has 3 aromatic rings. The van der Waals surface area contributed by atoms with Gasteiger partial charge in [0, 0.05) is 3.57 Å². The molecule has 0 unspecified atom stereocenters. The van der Waals surface area contributed by atoms with Crippen LogP contribution in [0.1, 0.15) is 5.56 Å². The van der Waals surface area contributed by atoms with Crippen molar-refractivity contribution in [3.63, 3.8) is 0 Å². The molecule has 0 aliphatic carbocycles. The van der Waals surface area contributed by atoms with Crippen LogP contribution in [0.3, 0.4) is 0 Å². The molecule has 0 aliphatic rings. The van der Waals surface area contributed by atoms with Gasteiger partial charge >= 0.3 is 0 Å². The van der Waals surface area contributed by atoms with Gasteiger partial charge in [-0.15, -0.1) is 0 Å². The molecule has 0 radical (unpaired) electrons. The summed E-state index contributed by atoms with van der Waals surface area (Å²) >= 11 is 2.22. The summed E-state index contributed by atoms with van der Waals surface area (Å²) in [5.74, 6) is 0.909. The van der Waals surface area contributed by atoms with Crippen LogP contribution in [0.15, 0.2) is 36.4 Å².